The summed E-state index contributed by atoms with van der Waals surface area (Å²) in [5.74, 6) is 0. The average Bonchev–Trinajstić information content (AvgIpc) is 1.81. The molecule has 0 aromatic heterocycles. The lowest BCUT2D eigenvalue weighted by atomic mass is 10.4. The molecule has 0 unspecified atom stereocenters. The van der Waals surface area contributed by atoms with Crippen molar-refractivity contribution in [2.24, 2.45) is 0 Å². The van der Waals surface area contributed by atoms with Crippen molar-refractivity contribution in [2.45, 2.75) is 13.3 Å². The van der Waals surface area contributed by atoms with E-state index >= 15 is 0 Å². The largest absolute Gasteiger partial charge is 0.128 e. The molecule has 0 nitrogen and oxygen atoms in total. The lowest BCUT2D eigenvalue weighted by Crippen LogP contribution is -1.44. The third-order valence-electron chi connectivity index (χ3n) is 0.619. The van der Waals surface area contributed by atoms with Gasteiger partial charge in [-0.05, 0) is 24.6 Å². The number of hydrogen-bond donors (Lipinski definition) is 0. The Morgan fingerprint density at radius 2 is 2.25 bits per heavy atom. The van der Waals surface area contributed by atoms with E-state index < -0.39 is 0 Å². The summed E-state index contributed by atoms with van der Waals surface area (Å²) in [7, 11) is 0. The van der Waals surface area contributed by atoms with Crippen LogP contribution in [0.25, 0.3) is 0 Å². The number of hydrogen-bond acceptors (Lipinski definition) is 0. The monoisotopic (exact) mass is 106 g/mol. The van der Waals surface area contributed by atoms with Gasteiger partial charge in [0.25, 0.3) is 0 Å². The average molecular weight is 106 g/mol. The number of rotatable bonds is 2. The van der Waals surface area contributed by atoms with Gasteiger partial charge in [0.2, 0.25) is 0 Å². The van der Waals surface area contributed by atoms with Crippen LogP contribution >= 0.6 is 0 Å². The van der Waals surface area contributed by atoms with Crippen molar-refractivity contribution < 1.29 is 0 Å². The van der Waals surface area contributed by atoms with E-state index in [9.17, 15) is 0 Å². The van der Waals surface area contributed by atoms with E-state index in [2.05, 4.69) is 25.0 Å². The molecule has 0 aliphatic rings. The first-order chi connectivity index (χ1) is 3.91. The molecule has 0 amide bonds. The second-order valence-electron chi connectivity index (χ2n) is 1.32. The van der Waals surface area contributed by atoms with Gasteiger partial charge in [-0.3, -0.25) is 0 Å². The third kappa shape index (κ3) is 5.04. The molecule has 8 heavy (non-hydrogen) atoms. The molecule has 42 valence electrons. The van der Waals surface area contributed by atoms with Crippen LogP contribution in [0.2, 0.25) is 0 Å². The quantitative estimate of drug-likeness (QED) is 0.374. The fourth-order valence-corrected chi connectivity index (χ4v) is 0.293. The molecule has 0 N–H and O–H groups in total. The molecular weight excluding hydrogens is 96.1 g/mol. The predicted octanol–water partition coefficient (Wildman–Crippen LogP) is 2.45. The maximum absolute atomic E-state index is 3.39. The fourth-order valence-electron chi connectivity index (χ4n) is 0.293. The van der Waals surface area contributed by atoms with Crippen LogP contribution in [0.4, 0.5) is 0 Å². The Morgan fingerprint density at radius 1 is 1.50 bits per heavy atom. The Kier molecular flexibility index (Phi) is 5.32. The van der Waals surface area contributed by atoms with Crippen LogP contribution in [0.15, 0.2) is 36.3 Å². The molecule has 0 aromatic rings. The lowest BCUT2D eigenvalue weighted by Gasteiger charge is -1.64. The minimum atomic E-state index is 1.03. The molecule has 0 bridgehead atoms. The van der Waals surface area contributed by atoms with Crippen LogP contribution < -0.4 is 0 Å². The summed E-state index contributed by atoms with van der Waals surface area (Å²) in [6, 6.07) is 0. The van der Waals surface area contributed by atoms with Crippen molar-refractivity contribution in [1.29, 1.82) is 0 Å². The molecular formula is C8H10. The predicted molar refractivity (Wildman–Crippen MR) is 36.7 cm³/mol. The SMILES string of the molecule is C=C=CC=C=CCC. The van der Waals surface area contributed by atoms with Crippen LogP contribution in [0.3, 0.4) is 0 Å². The lowest BCUT2D eigenvalue weighted by molar-refractivity contribution is 1.23. The second-order valence-corrected chi connectivity index (χ2v) is 1.32. The van der Waals surface area contributed by atoms with E-state index in [0.29, 0.717) is 0 Å². The minimum absolute atomic E-state index is 1.03. The Hall–Kier alpha value is -0.960. The molecule has 0 saturated heterocycles. The molecule has 0 aliphatic heterocycles. The standard InChI is InChI=1S/C8H10/c1-3-5-7-8-6-4-2/h5-7H,1,4H2,2H3. The van der Waals surface area contributed by atoms with Crippen molar-refractivity contribution in [3.63, 3.8) is 0 Å². The molecule has 0 aromatic carbocycles. The summed E-state index contributed by atoms with van der Waals surface area (Å²) in [5, 5.41) is 0. The minimum Gasteiger partial charge on any atom is -0.128 e. The van der Waals surface area contributed by atoms with Gasteiger partial charge in [-0.1, -0.05) is 13.5 Å². The molecule has 0 aliphatic carbocycles. The van der Waals surface area contributed by atoms with Gasteiger partial charge in [-0.15, -0.1) is 11.5 Å². The highest BCUT2D eigenvalue weighted by Crippen LogP contribution is 1.74. The molecule has 0 fully saturated rings. The zero-order valence-electron chi connectivity index (χ0n) is 5.15. The first kappa shape index (κ1) is 7.04. The first-order valence-electron chi connectivity index (χ1n) is 2.67. The van der Waals surface area contributed by atoms with Crippen LogP contribution in [-0.4, -0.2) is 0 Å². The van der Waals surface area contributed by atoms with Crippen LogP contribution in [0, 0.1) is 0 Å². The maximum Gasteiger partial charge on any atom is -0.0126 e. The zero-order chi connectivity index (χ0) is 6.24. The van der Waals surface area contributed by atoms with Gasteiger partial charge in [0.05, 0.1) is 0 Å². The normalized spacial score (nSPS) is 6.12. The van der Waals surface area contributed by atoms with Crippen molar-refractivity contribution in [3.05, 3.63) is 36.3 Å². The van der Waals surface area contributed by atoms with Crippen LogP contribution in [0.1, 0.15) is 13.3 Å². The molecule has 0 spiro atoms. The second kappa shape index (κ2) is 6.04. The Balaban J connectivity index is 3.64. The molecule has 0 saturated carbocycles. The molecule has 0 heterocycles. The van der Waals surface area contributed by atoms with Crippen molar-refractivity contribution >= 4 is 0 Å². The summed E-state index contributed by atoms with van der Waals surface area (Å²) in [5.41, 5.74) is 5.54. The Morgan fingerprint density at radius 3 is 2.75 bits per heavy atom. The van der Waals surface area contributed by atoms with Gasteiger partial charge in [-0.2, -0.15) is 0 Å². The van der Waals surface area contributed by atoms with Gasteiger partial charge >= 0.3 is 0 Å². The highest BCUT2D eigenvalue weighted by Gasteiger charge is 1.54. The van der Waals surface area contributed by atoms with Crippen molar-refractivity contribution in [1.82, 2.24) is 0 Å². The van der Waals surface area contributed by atoms with Gasteiger partial charge < -0.3 is 0 Å². The van der Waals surface area contributed by atoms with Crippen LogP contribution in [0.5, 0.6) is 0 Å². The summed E-state index contributed by atoms with van der Waals surface area (Å²) in [4.78, 5) is 0. The maximum atomic E-state index is 3.39. The highest BCUT2D eigenvalue weighted by atomic mass is 13.6. The summed E-state index contributed by atoms with van der Waals surface area (Å²) in [6.45, 7) is 5.46. The Bertz CT molecular complexity index is 139. The topological polar surface area (TPSA) is 0 Å². The van der Waals surface area contributed by atoms with E-state index in [1.165, 1.54) is 0 Å². The molecule has 0 rings (SSSR count). The van der Waals surface area contributed by atoms with E-state index in [1.54, 1.807) is 12.2 Å². The Labute approximate surface area is 50.5 Å². The summed E-state index contributed by atoms with van der Waals surface area (Å²) < 4.78 is 0. The van der Waals surface area contributed by atoms with Gasteiger partial charge in [-0.25, -0.2) is 0 Å². The first-order valence-corrected chi connectivity index (χ1v) is 2.67. The molecule has 0 heteroatoms. The van der Waals surface area contributed by atoms with Gasteiger partial charge in [0, 0.05) is 0 Å². The summed E-state index contributed by atoms with van der Waals surface area (Å²) >= 11 is 0. The summed E-state index contributed by atoms with van der Waals surface area (Å²) in [6.07, 6.45) is 6.50. The third-order valence-corrected chi connectivity index (χ3v) is 0.619. The van der Waals surface area contributed by atoms with Crippen molar-refractivity contribution in [2.75, 3.05) is 0 Å². The van der Waals surface area contributed by atoms with E-state index in [1.807, 2.05) is 6.08 Å². The van der Waals surface area contributed by atoms with Gasteiger partial charge in [0.1, 0.15) is 0 Å². The van der Waals surface area contributed by atoms with E-state index in [-0.39, 0.29) is 0 Å². The van der Waals surface area contributed by atoms with Crippen molar-refractivity contribution in [3.8, 4) is 0 Å². The molecule has 0 atom stereocenters. The molecule has 0 radical (unpaired) electrons. The number of allylic oxidation sites excluding steroid dienone is 2. The zero-order valence-corrected chi connectivity index (χ0v) is 5.15. The van der Waals surface area contributed by atoms with Gasteiger partial charge in [0.15, 0.2) is 0 Å². The van der Waals surface area contributed by atoms with E-state index in [4.69, 9.17) is 0 Å². The van der Waals surface area contributed by atoms with E-state index in [0.717, 1.165) is 6.42 Å². The van der Waals surface area contributed by atoms with Crippen LogP contribution in [-0.2, 0) is 0 Å². The fraction of sp³-hybridized carbons (Fsp3) is 0.250. The smallest absolute Gasteiger partial charge is 0.0126 e. The highest BCUT2D eigenvalue weighted by molar-refractivity contribution is 4.99.